The summed E-state index contributed by atoms with van der Waals surface area (Å²) in [5.41, 5.74) is 0. The summed E-state index contributed by atoms with van der Waals surface area (Å²) >= 11 is 0. The molecule has 0 fully saturated rings. The Bertz CT molecular complexity index is 350. The molecular formula is C12H17NO4. The molecule has 94 valence electrons. The van der Waals surface area contributed by atoms with Gasteiger partial charge in [0.25, 0.3) is 5.91 Å². The second-order valence-corrected chi connectivity index (χ2v) is 3.62. The number of rotatable bonds is 6. The molecule has 1 unspecified atom stereocenters. The van der Waals surface area contributed by atoms with Gasteiger partial charge in [-0.25, -0.2) is 0 Å². The Hall–Kier alpha value is -1.75. The smallest absolute Gasteiger partial charge is 0.258 e. The van der Waals surface area contributed by atoms with E-state index in [4.69, 9.17) is 14.6 Å². The molecule has 0 saturated heterocycles. The van der Waals surface area contributed by atoms with Crippen LogP contribution in [-0.4, -0.2) is 37.4 Å². The normalized spacial score (nSPS) is 11.7. The van der Waals surface area contributed by atoms with Gasteiger partial charge in [-0.05, 0) is 31.2 Å². The van der Waals surface area contributed by atoms with Crippen LogP contribution in [-0.2, 0) is 4.79 Å². The highest BCUT2D eigenvalue weighted by molar-refractivity contribution is 5.77. The predicted octanol–water partition coefficient (Wildman–Crippen LogP) is 0.571. The Kier molecular flexibility index (Phi) is 5.29. The zero-order chi connectivity index (χ0) is 12.7. The van der Waals surface area contributed by atoms with Crippen LogP contribution in [0.5, 0.6) is 11.5 Å². The molecule has 0 heterocycles. The van der Waals surface area contributed by atoms with Crippen LogP contribution in [0, 0.1) is 0 Å². The van der Waals surface area contributed by atoms with E-state index in [1.54, 1.807) is 38.3 Å². The molecule has 5 nitrogen and oxygen atoms in total. The summed E-state index contributed by atoms with van der Waals surface area (Å²) < 4.78 is 10.3. The van der Waals surface area contributed by atoms with Gasteiger partial charge in [-0.3, -0.25) is 4.79 Å². The van der Waals surface area contributed by atoms with Gasteiger partial charge < -0.3 is 19.9 Å². The Morgan fingerprint density at radius 2 is 1.94 bits per heavy atom. The molecule has 1 rings (SSSR count). The molecule has 0 spiro atoms. The largest absolute Gasteiger partial charge is 0.497 e. The summed E-state index contributed by atoms with van der Waals surface area (Å²) in [6.45, 7) is 1.55. The zero-order valence-electron chi connectivity index (χ0n) is 9.97. The summed E-state index contributed by atoms with van der Waals surface area (Å²) in [7, 11) is 1.58. The van der Waals surface area contributed by atoms with Gasteiger partial charge >= 0.3 is 0 Å². The van der Waals surface area contributed by atoms with E-state index in [0.717, 1.165) is 5.75 Å². The first-order valence-corrected chi connectivity index (χ1v) is 5.32. The van der Waals surface area contributed by atoms with E-state index in [9.17, 15) is 4.79 Å². The molecule has 17 heavy (non-hydrogen) atoms. The standard InChI is InChI=1S/C12H17NO4/c1-9(7-14)13-12(15)8-17-11-5-3-10(16-2)4-6-11/h3-6,9,14H,7-8H2,1-2H3,(H,13,15). The van der Waals surface area contributed by atoms with E-state index in [1.807, 2.05) is 0 Å². The van der Waals surface area contributed by atoms with E-state index >= 15 is 0 Å². The van der Waals surface area contributed by atoms with Crippen LogP contribution in [0.1, 0.15) is 6.92 Å². The minimum atomic E-state index is -0.262. The SMILES string of the molecule is COc1ccc(OCC(=O)NC(C)CO)cc1. The number of hydrogen-bond donors (Lipinski definition) is 2. The summed E-state index contributed by atoms with van der Waals surface area (Å²) in [4.78, 5) is 11.3. The molecular weight excluding hydrogens is 222 g/mol. The highest BCUT2D eigenvalue weighted by atomic mass is 16.5. The third-order valence-corrected chi connectivity index (χ3v) is 2.11. The molecule has 0 saturated carbocycles. The van der Waals surface area contributed by atoms with Crippen molar-refractivity contribution in [2.45, 2.75) is 13.0 Å². The Balaban J connectivity index is 2.36. The summed E-state index contributed by atoms with van der Waals surface area (Å²) in [5.74, 6) is 1.07. The number of benzene rings is 1. The number of carbonyl (C=O) groups excluding carboxylic acids is 1. The van der Waals surface area contributed by atoms with Crippen LogP contribution < -0.4 is 14.8 Å². The van der Waals surface area contributed by atoms with Crippen molar-refractivity contribution in [1.29, 1.82) is 0 Å². The maximum absolute atomic E-state index is 11.3. The number of aliphatic hydroxyl groups is 1. The molecule has 0 aliphatic carbocycles. The van der Waals surface area contributed by atoms with Crippen LogP contribution >= 0.6 is 0 Å². The van der Waals surface area contributed by atoms with E-state index in [1.165, 1.54) is 0 Å². The zero-order valence-corrected chi connectivity index (χ0v) is 9.97. The molecule has 0 aliphatic rings. The number of methoxy groups -OCH3 is 1. The molecule has 1 atom stereocenters. The lowest BCUT2D eigenvalue weighted by atomic mass is 10.3. The maximum Gasteiger partial charge on any atom is 0.258 e. The van der Waals surface area contributed by atoms with Gasteiger partial charge in [0.15, 0.2) is 6.61 Å². The number of carbonyl (C=O) groups is 1. The molecule has 0 aliphatic heterocycles. The van der Waals surface area contributed by atoms with Crippen molar-refractivity contribution < 1.29 is 19.4 Å². The number of nitrogens with one attached hydrogen (secondary N) is 1. The van der Waals surface area contributed by atoms with Crippen molar-refractivity contribution in [2.24, 2.45) is 0 Å². The van der Waals surface area contributed by atoms with E-state index in [-0.39, 0.29) is 25.2 Å². The summed E-state index contributed by atoms with van der Waals surface area (Å²) in [5, 5.41) is 11.3. The van der Waals surface area contributed by atoms with Crippen LogP contribution in [0.4, 0.5) is 0 Å². The fourth-order valence-corrected chi connectivity index (χ4v) is 1.18. The van der Waals surface area contributed by atoms with Gasteiger partial charge in [0, 0.05) is 6.04 Å². The van der Waals surface area contributed by atoms with Gasteiger partial charge in [-0.2, -0.15) is 0 Å². The van der Waals surface area contributed by atoms with Crippen LogP contribution in [0.3, 0.4) is 0 Å². The Morgan fingerprint density at radius 1 is 1.35 bits per heavy atom. The average Bonchev–Trinajstić information content (AvgIpc) is 2.36. The van der Waals surface area contributed by atoms with E-state index < -0.39 is 0 Å². The molecule has 5 heteroatoms. The number of ether oxygens (including phenoxy) is 2. The molecule has 0 aromatic heterocycles. The molecule has 1 aromatic rings. The Morgan fingerprint density at radius 3 is 2.47 bits per heavy atom. The van der Waals surface area contributed by atoms with Crippen molar-refractivity contribution in [3.05, 3.63) is 24.3 Å². The quantitative estimate of drug-likeness (QED) is 0.761. The van der Waals surface area contributed by atoms with Crippen molar-refractivity contribution in [3.63, 3.8) is 0 Å². The highest BCUT2D eigenvalue weighted by Crippen LogP contribution is 2.16. The summed E-state index contributed by atoms with van der Waals surface area (Å²) in [6, 6.07) is 6.69. The molecule has 0 bridgehead atoms. The minimum absolute atomic E-state index is 0.0727. The predicted molar refractivity (Wildman–Crippen MR) is 63.2 cm³/mol. The lowest BCUT2D eigenvalue weighted by molar-refractivity contribution is -0.123. The fourth-order valence-electron chi connectivity index (χ4n) is 1.18. The molecule has 1 amide bonds. The van der Waals surface area contributed by atoms with Crippen molar-refractivity contribution in [2.75, 3.05) is 20.3 Å². The minimum Gasteiger partial charge on any atom is -0.497 e. The lowest BCUT2D eigenvalue weighted by Crippen LogP contribution is -2.38. The maximum atomic E-state index is 11.3. The topological polar surface area (TPSA) is 67.8 Å². The molecule has 1 aromatic carbocycles. The molecule has 2 N–H and O–H groups in total. The van der Waals surface area contributed by atoms with Gasteiger partial charge in [-0.15, -0.1) is 0 Å². The summed E-state index contributed by atoms with van der Waals surface area (Å²) in [6.07, 6.45) is 0. The third-order valence-electron chi connectivity index (χ3n) is 2.11. The Labute approximate surface area is 100 Å². The number of hydrogen-bond acceptors (Lipinski definition) is 4. The number of aliphatic hydroxyl groups excluding tert-OH is 1. The van der Waals surface area contributed by atoms with E-state index in [2.05, 4.69) is 5.32 Å². The first-order valence-electron chi connectivity index (χ1n) is 5.32. The van der Waals surface area contributed by atoms with Gasteiger partial charge in [-0.1, -0.05) is 0 Å². The van der Waals surface area contributed by atoms with Crippen LogP contribution in [0.2, 0.25) is 0 Å². The third kappa shape index (κ3) is 4.74. The van der Waals surface area contributed by atoms with Gasteiger partial charge in [0.2, 0.25) is 0 Å². The van der Waals surface area contributed by atoms with Crippen molar-refractivity contribution in [1.82, 2.24) is 5.32 Å². The average molecular weight is 239 g/mol. The van der Waals surface area contributed by atoms with Gasteiger partial charge in [0.05, 0.1) is 13.7 Å². The lowest BCUT2D eigenvalue weighted by Gasteiger charge is -2.11. The second-order valence-electron chi connectivity index (χ2n) is 3.62. The first kappa shape index (κ1) is 13.3. The van der Waals surface area contributed by atoms with Crippen molar-refractivity contribution >= 4 is 5.91 Å². The van der Waals surface area contributed by atoms with Crippen LogP contribution in [0.15, 0.2) is 24.3 Å². The van der Waals surface area contributed by atoms with Crippen LogP contribution in [0.25, 0.3) is 0 Å². The van der Waals surface area contributed by atoms with Gasteiger partial charge in [0.1, 0.15) is 11.5 Å². The second kappa shape index (κ2) is 6.75. The number of amides is 1. The monoisotopic (exact) mass is 239 g/mol. The van der Waals surface area contributed by atoms with Crippen molar-refractivity contribution in [3.8, 4) is 11.5 Å². The molecule has 0 radical (unpaired) electrons. The van der Waals surface area contributed by atoms with E-state index in [0.29, 0.717) is 5.75 Å². The fraction of sp³-hybridized carbons (Fsp3) is 0.417. The highest BCUT2D eigenvalue weighted by Gasteiger charge is 2.06. The first-order chi connectivity index (χ1) is 8.15.